The van der Waals surface area contributed by atoms with E-state index in [1.54, 1.807) is 18.3 Å². The molecule has 0 saturated heterocycles. The van der Waals surface area contributed by atoms with Gasteiger partial charge in [-0.2, -0.15) is 8.78 Å². The molecule has 29 heavy (non-hydrogen) atoms. The summed E-state index contributed by atoms with van der Waals surface area (Å²) in [6.07, 6.45) is 1.63. The molecule has 1 aliphatic heterocycles. The highest BCUT2D eigenvalue weighted by Gasteiger charge is 2.32. The minimum Gasteiger partial charge on any atom is -0.497 e. The van der Waals surface area contributed by atoms with Crippen molar-refractivity contribution in [3.63, 3.8) is 0 Å². The van der Waals surface area contributed by atoms with Gasteiger partial charge in [0.25, 0.3) is 5.91 Å². The number of hydrogen-bond acceptors (Lipinski definition) is 4. The molecule has 1 aliphatic rings. The number of benzene rings is 2. The van der Waals surface area contributed by atoms with Crippen LogP contribution in [0.4, 0.5) is 8.78 Å². The van der Waals surface area contributed by atoms with Crippen LogP contribution in [0.3, 0.4) is 0 Å². The molecule has 1 aromatic heterocycles. The van der Waals surface area contributed by atoms with Gasteiger partial charge < -0.3 is 19.4 Å². The van der Waals surface area contributed by atoms with Gasteiger partial charge >= 0.3 is 6.61 Å². The summed E-state index contributed by atoms with van der Waals surface area (Å²) in [6, 6.07) is 13.4. The average molecular weight is 399 g/mol. The van der Waals surface area contributed by atoms with Gasteiger partial charge in [0.05, 0.1) is 31.4 Å². The van der Waals surface area contributed by atoms with Crippen molar-refractivity contribution in [1.82, 2.24) is 14.9 Å². The Labute approximate surface area is 166 Å². The number of rotatable bonds is 5. The second-order valence-corrected chi connectivity index (χ2v) is 6.68. The van der Waals surface area contributed by atoms with E-state index >= 15 is 0 Å². The monoisotopic (exact) mass is 399 g/mol. The molecule has 2 heterocycles. The number of carbonyl (C=O) groups is 1. The number of halogens is 2. The number of ether oxygens (including phenoxy) is 2. The number of imidazole rings is 1. The number of hydrogen-bond donors (Lipinski definition) is 1. The molecule has 1 atom stereocenters. The lowest BCUT2D eigenvalue weighted by Gasteiger charge is -2.32. The maximum atomic E-state index is 13.0. The topological polar surface area (TPSA) is 67.4 Å². The summed E-state index contributed by atoms with van der Waals surface area (Å²) in [7, 11) is 1.61. The molecule has 150 valence electrons. The highest BCUT2D eigenvalue weighted by molar-refractivity contribution is 5.94. The maximum Gasteiger partial charge on any atom is 0.387 e. The van der Waals surface area contributed by atoms with E-state index in [9.17, 15) is 13.6 Å². The van der Waals surface area contributed by atoms with Crippen molar-refractivity contribution in [2.75, 3.05) is 13.7 Å². The second-order valence-electron chi connectivity index (χ2n) is 6.68. The van der Waals surface area contributed by atoms with Crippen molar-refractivity contribution in [3.8, 4) is 11.5 Å². The third-order valence-corrected chi connectivity index (χ3v) is 4.94. The Balaban J connectivity index is 1.59. The van der Waals surface area contributed by atoms with Crippen molar-refractivity contribution in [3.05, 3.63) is 77.4 Å². The number of nitrogens with zero attached hydrogens (tertiary/aromatic N) is 2. The Morgan fingerprint density at radius 2 is 2.00 bits per heavy atom. The molecule has 1 unspecified atom stereocenters. The van der Waals surface area contributed by atoms with E-state index in [2.05, 4.69) is 14.7 Å². The number of aromatic amines is 1. The van der Waals surface area contributed by atoms with Gasteiger partial charge in [0.1, 0.15) is 11.5 Å². The van der Waals surface area contributed by atoms with E-state index in [0.29, 0.717) is 18.7 Å². The van der Waals surface area contributed by atoms with E-state index in [-0.39, 0.29) is 17.6 Å². The summed E-state index contributed by atoms with van der Waals surface area (Å²) in [5.74, 6) is 0.449. The summed E-state index contributed by atoms with van der Waals surface area (Å²) in [5, 5.41) is 0. The van der Waals surface area contributed by atoms with Crippen molar-refractivity contribution in [2.24, 2.45) is 0 Å². The zero-order valence-corrected chi connectivity index (χ0v) is 15.6. The van der Waals surface area contributed by atoms with Gasteiger partial charge in [-0.15, -0.1) is 0 Å². The molecule has 0 bridgehead atoms. The normalized spacial score (nSPS) is 15.9. The first kappa shape index (κ1) is 18.9. The Morgan fingerprint density at radius 1 is 1.21 bits per heavy atom. The van der Waals surface area contributed by atoms with Crippen LogP contribution < -0.4 is 9.47 Å². The molecule has 0 saturated carbocycles. The van der Waals surface area contributed by atoms with Gasteiger partial charge in [0.15, 0.2) is 0 Å². The highest BCUT2D eigenvalue weighted by Crippen LogP contribution is 2.33. The minimum atomic E-state index is -2.90. The number of methoxy groups -OCH3 is 1. The van der Waals surface area contributed by atoms with Crippen LogP contribution in [0.15, 0.2) is 54.9 Å². The van der Waals surface area contributed by atoms with Crippen molar-refractivity contribution in [2.45, 2.75) is 19.1 Å². The molecular weight excluding hydrogens is 380 g/mol. The summed E-state index contributed by atoms with van der Waals surface area (Å²) < 4.78 is 34.3. The molecule has 4 rings (SSSR count). The molecule has 0 fully saturated rings. The van der Waals surface area contributed by atoms with Gasteiger partial charge in [-0.05, 0) is 42.0 Å². The van der Waals surface area contributed by atoms with Crippen LogP contribution >= 0.6 is 0 Å². The molecule has 0 spiro atoms. The largest absolute Gasteiger partial charge is 0.497 e. The number of amides is 1. The molecular formula is C21H19F2N3O3. The van der Waals surface area contributed by atoms with Crippen LogP contribution in [0.1, 0.15) is 33.2 Å². The summed E-state index contributed by atoms with van der Waals surface area (Å²) >= 11 is 0. The van der Waals surface area contributed by atoms with Gasteiger partial charge in [-0.3, -0.25) is 4.79 Å². The number of H-pyrrole nitrogens is 1. The third-order valence-electron chi connectivity index (χ3n) is 4.94. The van der Waals surface area contributed by atoms with E-state index in [0.717, 1.165) is 22.7 Å². The number of alkyl halides is 2. The zero-order valence-electron chi connectivity index (χ0n) is 15.6. The van der Waals surface area contributed by atoms with Crippen LogP contribution in [-0.2, 0) is 6.54 Å². The summed E-state index contributed by atoms with van der Waals surface area (Å²) in [5.41, 5.74) is 3.17. The quantitative estimate of drug-likeness (QED) is 0.709. The number of aromatic nitrogens is 2. The van der Waals surface area contributed by atoms with E-state index in [4.69, 9.17) is 4.74 Å². The fraction of sp³-hybridized carbons (Fsp3) is 0.238. The smallest absolute Gasteiger partial charge is 0.387 e. The van der Waals surface area contributed by atoms with E-state index in [1.807, 2.05) is 24.3 Å². The minimum absolute atomic E-state index is 0.0142. The Hall–Kier alpha value is -3.42. The first-order valence-corrected chi connectivity index (χ1v) is 9.05. The Kier molecular flexibility index (Phi) is 5.16. The number of fused-ring (bicyclic) bond motifs is 1. The molecule has 3 aromatic rings. The highest BCUT2D eigenvalue weighted by atomic mass is 19.3. The predicted molar refractivity (Wildman–Crippen MR) is 101 cm³/mol. The lowest BCUT2D eigenvalue weighted by atomic mass is 9.90. The second kappa shape index (κ2) is 7.90. The van der Waals surface area contributed by atoms with Gasteiger partial charge in [-0.1, -0.05) is 12.1 Å². The lowest BCUT2D eigenvalue weighted by molar-refractivity contribution is -0.0498. The zero-order chi connectivity index (χ0) is 20.4. The fourth-order valence-electron chi connectivity index (χ4n) is 3.56. The van der Waals surface area contributed by atoms with Crippen molar-refractivity contribution in [1.29, 1.82) is 0 Å². The van der Waals surface area contributed by atoms with Gasteiger partial charge in [-0.25, -0.2) is 4.98 Å². The Morgan fingerprint density at radius 3 is 2.72 bits per heavy atom. The first-order chi connectivity index (χ1) is 14.0. The van der Waals surface area contributed by atoms with Crippen LogP contribution in [0.25, 0.3) is 0 Å². The third kappa shape index (κ3) is 3.91. The van der Waals surface area contributed by atoms with Gasteiger partial charge in [0, 0.05) is 18.0 Å². The maximum absolute atomic E-state index is 13.0. The van der Waals surface area contributed by atoms with Crippen LogP contribution in [0.2, 0.25) is 0 Å². The van der Waals surface area contributed by atoms with E-state index < -0.39 is 6.61 Å². The molecule has 1 N–H and O–H groups in total. The number of nitrogens with one attached hydrogen (secondary N) is 1. The summed E-state index contributed by atoms with van der Waals surface area (Å²) in [4.78, 5) is 22.3. The van der Waals surface area contributed by atoms with Crippen molar-refractivity contribution < 1.29 is 23.0 Å². The molecule has 0 aliphatic carbocycles. The number of carbonyl (C=O) groups excluding carboxylic acids is 1. The average Bonchev–Trinajstić information content (AvgIpc) is 3.21. The first-order valence-electron chi connectivity index (χ1n) is 9.05. The molecule has 1 amide bonds. The van der Waals surface area contributed by atoms with E-state index in [1.165, 1.54) is 24.3 Å². The standard InChI is InChI=1S/C21H19F2N3O3/c1-28-16-4-2-3-14(9-16)17-10-26(11-18-19(17)25-12-24-18)20(27)13-5-7-15(8-6-13)29-21(22)23/h2-9,12,17,21H,10-11H2,1H3,(H,24,25). The fourth-order valence-corrected chi connectivity index (χ4v) is 3.56. The molecule has 0 radical (unpaired) electrons. The lowest BCUT2D eigenvalue weighted by Crippen LogP contribution is -2.38. The Bertz CT molecular complexity index is 1000. The SMILES string of the molecule is COc1cccc(C2CN(C(=O)c3ccc(OC(F)F)cc3)Cc3[nH]cnc32)c1. The molecule has 8 heteroatoms. The molecule has 2 aromatic carbocycles. The van der Waals surface area contributed by atoms with Crippen LogP contribution in [0.5, 0.6) is 11.5 Å². The summed E-state index contributed by atoms with van der Waals surface area (Å²) in [6.45, 7) is -2.07. The predicted octanol–water partition coefficient (Wildman–Crippen LogP) is 3.81. The van der Waals surface area contributed by atoms with Crippen LogP contribution in [0, 0.1) is 0 Å². The van der Waals surface area contributed by atoms with Crippen LogP contribution in [-0.4, -0.2) is 41.0 Å². The molecule has 6 nitrogen and oxygen atoms in total. The van der Waals surface area contributed by atoms with Gasteiger partial charge in [0.2, 0.25) is 0 Å². The van der Waals surface area contributed by atoms with Crippen molar-refractivity contribution >= 4 is 5.91 Å².